The molecule has 3 N–H and O–H groups in total. The maximum atomic E-state index is 13.8. The summed E-state index contributed by atoms with van der Waals surface area (Å²) in [5.41, 5.74) is -2.03. The molecule has 4 rings (SSSR count). The number of methoxy groups -OCH3 is 1. The zero-order valence-electron chi connectivity index (χ0n) is 22.0. The van der Waals surface area contributed by atoms with Crippen LogP contribution in [0.25, 0.3) is 0 Å². The van der Waals surface area contributed by atoms with Gasteiger partial charge in [0.2, 0.25) is 5.91 Å². The van der Waals surface area contributed by atoms with E-state index < -0.39 is 67.8 Å². The van der Waals surface area contributed by atoms with Crippen molar-refractivity contribution in [2.75, 3.05) is 19.0 Å². The van der Waals surface area contributed by atoms with Gasteiger partial charge >= 0.3 is 5.97 Å². The van der Waals surface area contributed by atoms with Crippen molar-refractivity contribution in [1.29, 1.82) is 0 Å². The summed E-state index contributed by atoms with van der Waals surface area (Å²) in [5, 5.41) is 15.0. The number of amides is 2. The number of carbonyl (C=O) groups excluding carboxylic acids is 3. The predicted molar refractivity (Wildman–Crippen MR) is 141 cm³/mol. The number of nitrogens with one attached hydrogen (secondary N) is 2. The molecule has 2 fully saturated rings. The molecule has 0 radical (unpaired) electrons. The molecule has 14 heteroatoms. The number of rotatable bonds is 8. The van der Waals surface area contributed by atoms with E-state index >= 15 is 0 Å². The second-order valence-electron chi connectivity index (χ2n) is 10.5. The van der Waals surface area contributed by atoms with Crippen molar-refractivity contribution >= 4 is 44.9 Å². The van der Waals surface area contributed by atoms with E-state index in [2.05, 4.69) is 15.4 Å². The highest BCUT2D eigenvalue weighted by molar-refractivity contribution is 7.92. The van der Waals surface area contributed by atoms with Gasteiger partial charge in [0.25, 0.3) is 5.91 Å². The van der Waals surface area contributed by atoms with Gasteiger partial charge in [-0.15, -0.1) is 0 Å². The molecule has 2 aliphatic carbocycles. The van der Waals surface area contributed by atoms with E-state index in [1.165, 1.54) is 19.2 Å². The molecule has 9 nitrogen and oxygen atoms in total. The van der Waals surface area contributed by atoms with E-state index in [9.17, 15) is 41.1 Å². The molecule has 0 heterocycles. The fourth-order valence-electron chi connectivity index (χ4n) is 6.01. The first kappa shape index (κ1) is 30.8. The molecule has 5 atom stereocenters. The summed E-state index contributed by atoms with van der Waals surface area (Å²) < 4.78 is 72.4. The van der Waals surface area contributed by atoms with Gasteiger partial charge in [-0.1, -0.05) is 18.5 Å². The molecule has 41 heavy (non-hydrogen) atoms. The monoisotopic (exact) mass is 616 g/mol. The Morgan fingerprint density at radius 2 is 1.76 bits per heavy atom. The summed E-state index contributed by atoms with van der Waals surface area (Å²) in [5.74, 6) is -8.02. The Morgan fingerprint density at radius 1 is 1.10 bits per heavy atom. The lowest BCUT2D eigenvalue weighted by Crippen LogP contribution is -2.51. The number of hydrogen-bond acceptors (Lipinski definition) is 7. The molecule has 2 amide bonds. The minimum Gasteiger partial charge on any atom is -0.468 e. The summed E-state index contributed by atoms with van der Waals surface area (Å²) >= 11 is 6.25. The third-order valence-corrected chi connectivity index (χ3v) is 10.7. The largest absolute Gasteiger partial charge is 0.468 e. The average Bonchev–Trinajstić information content (AvgIpc) is 3.03. The van der Waals surface area contributed by atoms with Crippen molar-refractivity contribution in [1.82, 2.24) is 5.32 Å². The van der Waals surface area contributed by atoms with Crippen LogP contribution in [0.3, 0.4) is 0 Å². The SMILES string of the molecule is COC(=O)CNC(=O)C[C@@]1(O)C2C[C@@H](S(=O)(=O)c3cc(C(=O)Nc4cc(F)c(F)c(F)c4)ccc3Cl)CC1[C@@H](C)C2. The van der Waals surface area contributed by atoms with Crippen LogP contribution < -0.4 is 10.6 Å². The summed E-state index contributed by atoms with van der Waals surface area (Å²) in [6.07, 6.45) is 0.238. The highest BCUT2D eigenvalue weighted by Gasteiger charge is 2.59. The molecule has 2 aliphatic rings. The molecule has 0 spiro atoms. The first-order valence-electron chi connectivity index (χ1n) is 12.7. The van der Waals surface area contributed by atoms with Gasteiger partial charge in [0.15, 0.2) is 27.3 Å². The van der Waals surface area contributed by atoms with Crippen molar-refractivity contribution < 1.29 is 45.8 Å². The van der Waals surface area contributed by atoms with Crippen LogP contribution in [0.5, 0.6) is 0 Å². The number of hydrogen-bond donors (Lipinski definition) is 3. The van der Waals surface area contributed by atoms with Gasteiger partial charge in [-0.2, -0.15) is 0 Å². The van der Waals surface area contributed by atoms with Crippen LogP contribution in [0.4, 0.5) is 18.9 Å². The van der Waals surface area contributed by atoms with Crippen LogP contribution in [0.15, 0.2) is 35.2 Å². The fraction of sp³-hybridized carbons (Fsp3) is 0.444. The second kappa shape index (κ2) is 11.6. The van der Waals surface area contributed by atoms with E-state index in [4.69, 9.17) is 11.6 Å². The molecule has 2 aromatic rings. The highest BCUT2D eigenvalue weighted by Crippen LogP contribution is 2.56. The number of benzene rings is 2. The first-order chi connectivity index (χ1) is 19.2. The molecule has 0 aromatic heterocycles. The van der Waals surface area contributed by atoms with Gasteiger partial charge in [-0.05, 0) is 55.2 Å². The number of carbonyl (C=O) groups is 3. The van der Waals surface area contributed by atoms with Gasteiger partial charge in [0.05, 0.1) is 34.3 Å². The van der Waals surface area contributed by atoms with Crippen LogP contribution in [0.2, 0.25) is 5.02 Å². The van der Waals surface area contributed by atoms with Gasteiger partial charge in [0, 0.05) is 23.4 Å². The van der Waals surface area contributed by atoms with Gasteiger partial charge in [-0.3, -0.25) is 14.4 Å². The minimum atomic E-state index is -4.15. The molecule has 222 valence electrons. The van der Waals surface area contributed by atoms with Gasteiger partial charge in [0.1, 0.15) is 6.54 Å². The van der Waals surface area contributed by atoms with Crippen LogP contribution in [-0.4, -0.2) is 55.8 Å². The van der Waals surface area contributed by atoms with Crippen molar-refractivity contribution in [3.63, 3.8) is 0 Å². The summed E-state index contributed by atoms with van der Waals surface area (Å²) in [4.78, 5) is 36.3. The maximum absolute atomic E-state index is 13.8. The predicted octanol–water partition coefficient (Wildman–Crippen LogP) is 3.63. The number of aliphatic hydroxyl groups is 1. The number of esters is 1. The summed E-state index contributed by atoms with van der Waals surface area (Å²) in [7, 11) is -2.97. The molecule has 0 aliphatic heterocycles. The molecule has 2 saturated carbocycles. The molecular weight excluding hydrogens is 589 g/mol. The van der Waals surface area contributed by atoms with E-state index in [1.54, 1.807) is 0 Å². The Bertz CT molecular complexity index is 1480. The fourth-order valence-corrected chi connectivity index (χ4v) is 8.39. The number of halogens is 4. The Morgan fingerprint density at radius 3 is 2.37 bits per heavy atom. The molecular formula is C27H28ClF3N2O7S. The lowest BCUT2D eigenvalue weighted by Gasteiger charge is -2.42. The number of anilines is 1. The Balaban J connectivity index is 1.54. The van der Waals surface area contributed by atoms with E-state index in [0.29, 0.717) is 18.6 Å². The van der Waals surface area contributed by atoms with E-state index in [-0.39, 0.29) is 52.9 Å². The third kappa shape index (κ3) is 6.07. The normalized spacial score (nSPS) is 25.4. The molecule has 2 bridgehead atoms. The van der Waals surface area contributed by atoms with Crippen molar-refractivity contribution in [3.8, 4) is 0 Å². The van der Waals surface area contributed by atoms with Crippen molar-refractivity contribution in [3.05, 3.63) is 58.4 Å². The van der Waals surface area contributed by atoms with Crippen molar-refractivity contribution in [2.45, 2.75) is 48.4 Å². The highest BCUT2D eigenvalue weighted by atomic mass is 35.5. The topological polar surface area (TPSA) is 139 Å². The lowest BCUT2D eigenvalue weighted by atomic mass is 9.71. The van der Waals surface area contributed by atoms with Crippen LogP contribution >= 0.6 is 11.6 Å². The number of fused-ring (bicyclic) bond motifs is 2. The van der Waals surface area contributed by atoms with Crippen LogP contribution in [0.1, 0.15) is 43.0 Å². The maximum Gasteiger partial charge on any atom is 0.325 e. The summed E-state index contributed by atoms with van der Waals surface area (Å²) in [6.45, 7) is 1.51. The number of sulfone groups is 1. The van der Waals surface area contributed by atoms with E-state index in [0.717, 1.165) is 6.07 Å². The first-order valence-corrected chi connectivity index (χ1v) is 14.6. The zero-order valence-corrected chi connectivity index (χ0v) is 23.6. The number of ether oxygens (including phenoxy) is 1. The quantitative estimate of drug-likeness (QED) is 0.304. The zero-order chi connectivity index (χ0) is 30.3. The Kier molecular flexibility index (Phi) is 8.72. The molecule has 2 unspecified atom stereocenters. The summed E-state index contributed by atoms with van der Waals surface area (Å²) in [6, 6.07) is 4.65. The van der Waals surface area contributed by atoms with Crippen LogP contribution in [0, 0.1) is 35.2 Å². The Labute approximate surface area is 239 Å². The van der Waals surface area contributed by atoms with Gasteiger partial charge < -0.3 is 20.5 Å². The Hall–Kier alpha value is -3.16. The van der Waals surface area contributed by atoms with Crippen molar-refractivity contribution in [2.24, 2.45) is 17.8 Å². The molecule has 0 saturated heterocycles. The smallest absolute Gasteiger partial charge is 0.325 e. The van der Waals surface area contributed by atoms with E-state index in [1.807, 2.05) is 6.92 Å². The lowest BCUT2D eigenvalue weighted by molar-refractivity contribution is -0.143. The van der Waals surface area contributed by atoms with Gasteiger partial charge in [-0.25, -0.2) is 21.6 Å². The molecule has 2 aromatic carbocycles. The third-order valence-electron chi connectivity index (χ3n) is 8.04. The standard InChI is InChI=1S/C27H28ClF3N2O7S/c1-13-5-15-7-17(10-18(13)27(15,37)11-23(34)32-12-24(35)40-2)41(38,39)22-6-14(3-4-19(22)28)26(36)33-16-8-20(29)25(31)21(30)9-16/h3-4,6,8-9,13,15,17-18,37H,5,7,10-12H2,1-2H3,(H,32,34)(H,33,36)/t13-,15?,17+,18?,27+/m0/s1. The van der Waals surface area contributed by atoms with Crippen LogP contribution in [-0.2, 0) is 24.2 Å². The second-order valence-corrected chi connectivity index (χ2v) is 13.1. The average molecular weight is 617 g/mol. The minimum absolute atomic E-state index is 0.0294.